The molecule has 0 aliphatic carbocycles. The first-order chi connectivity index (χ1) is 8.22. The van der Waals surface area contributed by atoms with Gasteiger partial charge in [-0.15, -0.1) is 0 Å². The minimum atomic E-state index is -0.196. The van der Waals surface area contributed by atoms with Crippen LogP contribution in [-0.4, -0.2) is 67.1 Å². The Kier molecular flexibility index (Phi) is 4.36. The summed E-state index contributed by atoms with van der Waals surface area (Å²) in [5, 5.41) is 3.24. The summed E-state index contributed by atoms with van der Waals surface area (Å²) in [7, 11) is 0. The summed E-state index contributed by atoms with van der Waals surface area (Å²) in [4.78, 5) is 16.2. The van der Waals surface area contributed by atoms with Crippen LogP contribution in [0, 0.1) is 0 Å². The van der Waals surface area contributed by atoms with E-state index in [0.29, 0.717) is 12.6 Å². The Hall–Kier alpha value is -0.650. The average molecular weight is 240 g/mol. The molecule has 0 spiro atoms. The van der Waals surface area contributed by atoms with Crippen LogP contribution >= 0.6 is 0 Å². The van der Waals surface area contributed by atoms with Gasteiger partial charge in [0.2, 0.25) is 5.91 Å². The number of likely N-dealkylation sites (tertiary alicyclic amines) is 1. The van der Waals surface area contributed by atoms with Gasteiger partial charge in [0.05, 0.1) is 0 Å². The van der Waals surface area contributed by atoms with Crippen LogP contribution in [0.25, 0.3) is 0 Å². The van der Waals surface area contributed by atoms with Crippen molar-refractivity contribution in [3.8, 4) is 0 Å². The molecule has 2 heterocycles. The second-order valence-electron chi connectivity index (χ2n) is 5.04. The van der Waals surface area contributed by atoms with Crippen LogP contribution in [-0.2, 0) is 4.79 Å². The third-order valence-electron chi connectivity index (χ3n) is 4.03. The second kappa shape index (κ2) is 5.80. The number of primary amides is 1. The van der Waals surface area contributed by atoms with Gasteiger partial charge in [-0.05, 0) is 25.9 Å². The molecule has 2 saturated heterocycles. The normalized spacial score (nSPS) is 31.8. The third kappa shape index (κ3) is 2.97. The van der Waals surface area contributed by atoms with E-state index in [-0.39, 0.29) is 11.9 Å². The zero-order valence-corrected chi connectivity index (χ0v) is 10.7. The zero-order chi connectivity index (χ0) is 12.3. The maximum Gasteiger partial charge on any atom is 0.236 e. The first kappa shape index (κ1) is 12.8. The molecule has 2 atom stereocenters. The molecule has 3 N–H and O–H groups in total. The van der Waals surface area contributed by atoms with Gasteiger partial charge in [0.25, 0.3) is 0 Å². The Bertz CT molecular complexity index is 271. The number of carbonyl (C=O) groups is 1. The molecule has 0 bridgehead atoms. The number of amides is 1. The molecule has 5 nitrogen and oxygen atoms in total. The molecule has 2 aliphatic rings. The molecule has 2 rings (SSSR count). The van der Waals surface area contributed by atoms with E-state index in [1.54, 1.807) is 0 Å². The van der Waals surface area contributed by atoms with Crippen molar-refractivity contribution in [2.45, 2.75) is 31.8 Å². The first-order valence-corrected chi connectivity index (χ1v) is 6.70. The number of hydrogen-bond donors (Lipinski definition) is 2. The highest BCUT2D eigenvalue weighted by atomic mass is 16.1. The molecule has 2 fully saturated rings. The van der Waals surface area contributed by atoms with E-state index < -0.39 is 0 Å². The summed E-state index contributed by atoms with van der Waals surface area (Å²) >= 11 is 0. The standard InChI is InChI=1S/C12H24N4O/c1-2-15-6-3-4-10(15)9-16-7-5-14-8-11(16)12(13)17/h10-11,14H,2-9H2,1H3,(H2,13,17). The molecule has 17 heavy (non-hydrogen) atoms. The van der Waals surface area contributed by atoms with Gasteiger partial charge in [0.15, 0.2) is 0 Å². The van der Waals surface area contributed by atoms with Crippen molar-refractivity contribution in [2.75, 3.05) is 39.3 Å². The minimum absolute atomic E-state index is 0.122. The molecular formula is C12H24N4O. The molecule has 2 aliphatic heterocycles. The molecule has 2 unspecified atom stereocenters. The minimum Gasteiger partial charge on any atom is -0.368 e. The molecule has 5 heteroatoms. The van der Waals surface area contributed by atoms with Crippen molar-refractivity contribution < 1.29 is 4.79 Å². The van der Waals surface area contributed by atoms with E-state index in [1.807, 2.05) is 0 Å². The summed E-state index contributed by atoms with van der Waals surface area (Å²) < 4.78 is 0. The maximum absolute atomic E-state index is 11.4. The maximum atomic E-state index is 11.4. The van der Waals surface area contributed by atoms with Gasteiger partial charge in [-0.2, -0.15) is 0 Å². The quantitative estimate of drug-likeness (QED) is 0.677. The topological polar surface area (TPSA) is 61.6 Å². The number of nitrogens with two attached hydrogens (primary N) is 1. The number of likely N-dealkylation sites (N-methyl/N-ethyl adjacent to an activating group) is 1. The lowest BCUT2D eigenvalue weighted by molar-refractivity contribution is -0.124. The molecule has 0 aromatic rings. The van der Waals surface area contributed by atoms with Gasteiger partial charge in [0, 0.05) is 32.2 Å². The van der Waals surface area contributed by atoms with Crippen molar-refractivity contribution in [1.82, 2.24) is 15.1 Å². The van der Waals surface area contributed by atoms with Crippen molar-refractivity contribution in [2.24, 2.45) is 5.73 Å². The lowest BCUT2D eigenvalue weighted by Gasteiger charge is -2.37. The van der Waals surface area contributed by atoms with E-state index in [1.165, 1.54) is 19.4 Å². The van der Waals surface area contributed by atoms with E-state index in [4.69, 9.17) is 5.73 Å². The molecular weight excluding hydrogens is 216 g/mol. The summed E-state index contributed by atoms with van der Waals surface area (Å²) in [6.45, 7) is 8.11. The van der Waals surface area contributed by atoms with Gasteiger partial charge >= 0.3 is 0 Å². The summed E-state index contributed by atoms with van der Waals surface area (Å²) in [5.41, 5.74) is 5.46. The number of piperazine rings is 1. The number of rotatable bonds is 4. The molecule has 0 radical (unpaired) electrons. The van der Waals surface area contributed by atoms with Crippen LogP contribution in [0.15, 0.2) is 0 Å². The highest BCUT2D eigenvalue weighted by Crippen LogP contribution is 2.19. The number of nitrogens with one attached hydrogen (secondary N) is 1. The van der Waals surface area contributed by atoms with Crippen molar-refractivity contribution in [3.63, 3.8) is 0 Å². The number of hydrogen-bond acceptors (Lipinski definition) is 4. The van der Waals surface area contributed by atoms with E-state index >= 15 is 0 Å². The predicted molar refractivity (Wildman–Crippen MR) is 67.7 cm³/mol. The molecule has 98 valence electrons. The third-order valence-corrected chi connectivity index (χ3v) is 4.03. The molecule has 0 aromatic heterocycles. The SMILES string of the molecule is CCN1CCCC1CN1CCNCC1C(N)=O. The van der Waals surface area contributed by atoms with Crippen LogP contribution in [0.5, 0.6) is 0 Å². The van der Waals surface area contributed by atoms with Crippen molar-refractivity contribution in [1.29, 1.82) is 0 Å². The van der Waals surface area contributed by atoms with Gasteiger partial charge in [-0.1, -0.05) is 6.92 Å². The van der Waals surface area contributed by atoms with Crippen LogP contribution in [0.2, 0.25) is 0 Å². The monoisotopic (exact) mass is 240 g/mol. The summed E-state index contributed by atoms with van der Waals surface area (Å²) in [6.07, 6.45) is 2.54. The zero-order valence-electron chi connectivity index (χ0n) is 10.7. The Balaban J connectivity index is 1.93. The van der Waals surface area contributed by atoms with E-state index in [0.717, 1.165) is 26.2 Å². The summed E-state index contributed by atoms with van der Waals surface area (Å²) in [5.74, 6) is -0.196. The van der Waals surface area contributed by atoms with Crippen LogP contribution < -0.4 is 11.1 Å². The van der Waals surface area contributed by atoms with Crippen molar-refractivity contribution in [3.05, 3.63) is 0 Å². The molecule has 0 aromatic carbocycles. The van der Waals surface area contributed by atoms with Crippen molar-refractivity contribution >= 4 is 5.91 Å². The van der Waals surface area contributed by atoms with Gasteiger partial charge in [-0.3, -0.25) is 14.6 Å². The lowest BCUT2D eigenvalue weighted by atomic mass is 10.1. The largest absolute Gasteiger partial charge is 0.368 e. The fourth-order valence-electron chi connectivity index (χ4n) is 3.03. The van der Waals surface area contributed by atoms with Gasteiger partial charge < -0.3 is 11.1 Å². The highest BCUT2D eigenvalue weighted by molar-refractivity contribution is 5.80. The fourth-order valence-corrected chi connectivity index (χ4v) is 3.03. The summed E-state index contributed by atoms with van der Waals surface area (Å²) in [6, 6.07) is 0.489. The van der Waals surface area contributed by atoms with E-state index in [2.05, 4.69) is 22.0 Å². The lowest BCUT2D eigenvalue weighted by Crippen LogP contribution is -2.59. The van der Waals surface area contributed by atoms with Gasteiger partial charge in [0.1, 0.15) is 6.04 Å². The van der Waals surface area contributed by atoms with E-state index in [9.17, 15) is 4.79 Å². The van der Waals surface area contributed by atoms with Crippen LogP contribution in [0.3, 0.4) is 0 Å². The average Bonchev–Trinajstić information content (AvgIpc) is 2.77. The van der Waals surface area contributed by atoms with Gasteiger partial charge in [-0.25, -0.2) is 0 Å². The molecule has 0 saturated carbocycles. The Morgan fingerprint density at radius 3 is 2.94 bits per heavy atom. The Morgan fingerprint density at radius 1 is 1.41 bits per heavy atom. The Labute approximate surface area is 103 Å². The number of nitrogens with zero attached hydrogens (tertiary/aromatic N) is 2. The fraction of sp³-hybridized carbons (Fsp3) is 0.917. The predicted octanol–water partition coefficient (Wildman–Crippen LogP) is -0.770. The highest BCUT2D eigenvalue weighted by Gasteiger charge is 2.31. The first-order valence-electron chi connectivity index (χ1n) is 6.70. The Morgan fingerprint density at radius 2 is 2.24 bits per heavy atom. The number of carbonyl (C=O) groups excluding carboxylic acids is 1. The van der Waals surface area contributed by atoms with Crippen LogP contribution in [0.1, 0.15) is 19.8 Å². The molecule has 1 amide bonds. The van der Waals surface area contributed by atoms with Crippen LogP contribution in [0.4, 0.5) is 0 Å². The smallest absolute Gasteiger partial charge is 0.236 e. The second-order valence-corrected chi connectivity index (χ2v) is 5.04.